The lowest BCUT2D eigenvalue weighted by atomic mass is 9.99. The maximum atomic E-state index is 12.2. The molecule has 1 aromatic heterocycles. The predicted molar refractivity (Wildman–Crippen MR) is 106 cm³/mol. The van der Waals surface area contributed by atoms with E-state index in [1.165, 1.54) is 4.68 Å². The number of aryl methyl sites for hydroxylation is 1. The predicted octanol–water partition coefficient (Wildman–Crippen LogP) is 4.71. The van der Waals surface area contributed by atoms with Gasteiger partial charge in [0, 0.05) is 24.2 Å². The molecule has 0 bridgehead atoms. The molecule has 0 N–H and O–H groups in total. The number of hydrogen-bond donors (Lipinski definition) is 0. The smallest absolute Gasteiger partial charge is 0.267 e. The Hall–Kier alpha value is -3.66. The van der Waals surface area contributed by atoms with Gasteiger partial charge in [0.1, 0.15) is 17.2 Å². The minimum Gasteiger partial charge on any atom is -0.457 e. The molecule has 0 aliphatic heterocycles. The van der Waals surface area contributed by atoms with Gasteiger partial charge in [0.2, 0.25) is 0 Å². The molecule has 4 rings (SSSR count). The van der Waals surface area contributed by atoms with E-state index in [9.17, 15) is 4.79 Å². The van der Waals surface area contributed by atoms with Crippen molar-refractivity contribution in [1.29, 1.82) is 0 Å². The van der Waals surface area contributed by atoms with E-state index in [1.54, 1.807) is 13.1 Å². The van der Waals surface area contributed by atoms with Gasteiger partial charge in [-0.25, -0.2) is 4.68 Å². The third-order valence-electron chi connectivity index (χ3n) is 4.22. The van der Waals surface area contributed by atoms with Crippen molar-refractivity contribution >= 4 is 0 Å². The Balaban J connectivity index is 1.90. The number of benzene rings is 3. The molecule has 0 aliphatic carbocycles. The van der Waals surface area contributed by atoms with Crippen LogP contribution in [0.4, 0.5) is 0 Å². The quantitative estimate of drug-likeness (QED) is 0.534. The molecule has 0 saturated heterocycles. The molecule has 27 heavy (non-hydrogen) atoms. The number of ether oxygens (including phenoxy) is 1. The zero-order valence-corrected chi connectivity index (χ0v) is 14.8. The van der Waals surface area contributed by atoms with Crippen molar-refractivity contribution in [3.8, 4) is 33.9 Å². The fraction of sp³-hybridized carbons (Fsp3) is 0.0435. The third-order valence-corrected chi connectivity index (χ3v) is 4.22. The molecule has 4 nitrogen and oxygen atoms in total. The largest absolute Gasteiger partial charge is 0.457 e. The van der Waals surface area contributed by atoms with E-state index in [2.05, 4.69) is 11.2 Å². The summed E-state index contributed by atoms with van der Waals surface area (Å²) in [5.41, 5.74) is 2.96. The second kappa shape index (κ2) is 7.30. The van der Waals surface area contributed by atoms with Crippen LogP contribution in [0.15, 0.2) is 89.7 Å². The van der Waals surface area contributed by atoms with Crippen LogP contribution in [0.1, 0.15) is 0 Å². The summed E-state index contributed by atoms with van der Waals surface area (Å²) < 4.78 is 7.43. The monoisotopic (exact) mass is 353 g/mol. The molecule has 0 saturated carbocycles. The van der Waals surface area contributed by atoms with Crippen LogP contribution in [0.5, 0.6) is 11.5 Å². The summed E-state index contributed by atoms with van der Waals surface area (Å²) in [5.74, 6) is 1.42. The van der Waals surface area contributed by atoms with Crippen LogP contribution in [-0.4, -0.2) is 9.78 Å². The Labute approximate surface area is 157 Å². The maximum absolute atomic E-state index is 12.2. The van der Waals surface area contributed by atoms with Crippen LogP contribution in [0.25, 0.3) is 22.4 Å². The van der Waals surface area contributed by atoms with Crippen LogP contribution >= 0.6 is 0 Å². The number of aromatic nitrogens is 2. The first kappa shape index (κ1) is 16.8. The molecule has 0 atom stereocenters. The van der Waals surface area contributed by atoms with E-state index in [0.29, 0.717) is 11.4 Å². The van der Waals surface area contributed by atoms with Crippen LogP contribution < -0.4 is 10.3 Å². The van der Waals surface area contributed by atoms with Crippen molar-refractivity contribution < 1.29 is 4.74 Å². The van der Waals surface area contributed by atoms with E-state index in [4.69, 9.17) is 4.74 Å². The molecule has 0 fully saturated rings. The van der Waals surface area contributed by atoms with Gasteiger partial charge in [-0.2, -0.15) is 5.10 Å². The Bertz CT molecular complexity index is 1120. The van der Waals surface area contributed by atoms with Crippen molar-refractivity contribution in [2.24, 2.45) is 7.05 Å². The molecule has 1 radical (unpaired) electrons. The highest BCUT2D eigenvalue weighted by atomic mass is 16.5. The Morgan fingerprint density at radius 3 is 2.48 bits per heavy atom. The number of nitrogens with zero attached hydrogens (tertiary/aromatic N) is 2. The van der Waals surface area contributed by atoms with E-state index in [0.717, 1.165) is 22.4 Å². The molecule has 0 unspecified atom stereocenters. The van der Waals surface area contributed by atoms with Gasteiger partial charge in [-0.1, -0.05) is 48.5 Å². The van der Waals surface area contributed by atoms with Crippen LogP contribution in [-0.2, 0) is 7.05 Å². The summed E-state index contributed by atoms with van der Waals surface area (Å²) in [6.07, 6.45) is 0. The molecular formula is C23H17N2O2. The summed E-state index contributed by atoms with van der Waals surface area (Å²) in [6, 6.07) is 29.4. The molecule has 4 heteroatoms. The summed E-state index contributed by atoms with van der Waals surface area (Å²) >= 11 is 0. The number of rotatable bonds is 4. The molecule has 4 aromatic rings. The zero-order chi connectivity index (χ0) is 18.6. The van der Waals surface area contributed by atoms with E-state index < -0.39 is 0 Å². The van der Waals surface area contributed by atoms with Crippen molar-refractivity contribution in [3.63, 3.8) is 0 Å². The van der Waals surface area contributed by atoms with Crippen molar-refractivity contribution in [2.45, 2.75) is 0 Å². The fourth-order valence-electron chi connectivity index (χ4n) is 2.89. The van der Waals surface area contributed by atoms with Gasteiger partial charge < -0.3 is 4.74 Å². The normalized spacial score (nSPS) is 10.6. The zero-order valence-electron chi connectivity index (χ0n) is 14.8. The lowest BCUT2D eigenvalue weighted by Gasteiger charge is -2.14. The standard InChI is InChI=1S/C23H17N2O2/c1-25-22(26)16-20(17-10-4-2-5-11-17)23(24-25)19-14-8-9-15-21(19)27-18-12-6-3-7-13-18/h2-4,6-16H,1H3. The van der Waals surface area contributed by atoms with Gasteiger partial charge in [-0.05, 0) is 42.0 Å². The average molecular weight is 353 g/mol. The van der Waals surface area contributed by atoms with Gasteiger partial charge in [-0.3, -0.25) is 4.79 Å². The van der Waals surface area contributed by atoms with Crippen molar-refractivity contribution in [1.82, 2.24) is 9.78 Å². The maximum Gasteiger partial charge on any atom is 0.267 e. The van der Waals surface area contributed by atoms with Crippen molar-refractivity contribution in [3.05, 3.63) is 101 Å². The summed E-state index contributed by atoms with van der Waals surface area (Å²) in [4.78, 5) is 12.2. The van der Waals surface area contributed by atoms with Gasteiger partial charge in [-0.15, -0.1) is 0 Å². The lowest BCUT2D eigenvalue weighted by Crippen LogP contribution is -2.19. The van der Waals surface area contributed by atoms with Gasteiger partial charge in [0.15, 0.2) is 0 Å². The highest BCUT2D eigenvalue weighted by molar-refractivity contribution is 5.83. The fourth-order valence-corrected chi connectivity index (χ4v) is 2.89. The first-order chi connectivity index (χ1) is 13.2. The highest BCUT2D eigenvalue weighted by Gasteiger charge is 2.16. The van der Waals surface area contributed by atoms with Crippen LogP contribution in [0.3, 0.4) is 0 Å². The minimum atomic E-state index is -0.168. The topological polar surface area (TPSA) is 44.1 Å². The second-order valence-electron chi connectivity index (χ2n) is 6.07. The Morgan fingerprint density at radius 1 is 0.926 bits per heavy atom. The summed E-state index contributed by atoms with van der Waals surface area (Å²) in [5, 5.41) is 4.53. The van der Waals surface area contributed by atoms with E-state index in [-0.39, 0.29) is 5.56 Å². The van der Waals surface area contributed by atoms with E-state index >= 15 is 0 Å². The molecule has 1 heterocycles. The minimum absolute atomic E-state index is 0.168. The van der Waals surface area contributed by atoms with Crippen LogP contribution in [0.2, 0.25) is 0 Å². The Kier molecular flexibility index (Phi) is 4.54. The van der Waals surface area contributed by atoms with Gasteiger partial charge >= 0.3 is 0 Å². The number of hydrogen-bond acceptors (Lipinski definition) is 3. The SMILES string of the molecule is Cn1nc(-c2ccccc2Oc2ccccc2)c(-c2c[c]ccc2)cc1=O. The molecule has 0 amide bonds. The highest BCUT2D eigenvalue weighted by Crippen LogP contribution is 2.36. The van der Waals surface area contributed by atoms with Gasteiger partial charge in [0.05, 0.1) is 0 Å². The second-order valence-corrected chi connectivity index (χ2v) is 6.07. The molecule has 0 spiro atoms. The molecular weight excluding hydrogens is 336 g/mol. The summed E-state index contributed by atoms with van der Waals surface area (Å²) in [6.45, 7) is 0. The average Bonchev–Trinajstić information content (AvgIpc) is 2.72. The Morgan fingerprint density at radius 2 is 1.70 bits per heavy atom. The van der Waals surface area contributed by atoms with E-state index in [1.807, 2.05) is 78.9 Å². The lowest BCUT2D eigenvalue weighted by molar-refractivity contribution is 0.484. The first-order valence-electron chi connectivity index (χ1n) is 8.59. The third kappa shape index (κ3) is 3.51. The molecule has 0 aliphatic rings. The summed E-state index contributed by atoms with van der Waals surface area (Å²) in [7, 11) is 1.65. The first-order valence-corrected chi connectivity index (χ1v) is 8.59. The molecule has 131 valence electrons. The van der Waals surface area contributed by atoms with Crippen LogP contribution in [0, 0.1) is 6.07 Å². The number of para-hydroxylation sites is 2. The van der Waals surface area contributed by atoms with Crippen molar-refractivity contribution in [2.75, 3.05) is 0 Å². The van der Waals surface area contributed by atoms with Gasteiger partial charge in [0.25, 0.3) is 5.56 Å². The molecule has 3 aromatic carbocycles.